The summed E-state index contributed by atoms with van der Waals surface area (Å²) in [6.45, 7) is 4.22. The first-order valence-electron chi connectivity index (χ1n) is 4.97. The van der Waals surface area contributed by atoms with E-state index in [1.807, 2.05) is 19.9 Å². The van der Waals surface area contributed by atoms with Crippen molar-refractivity contribution in [2.24, 2.45) is 5.73 Å². The minimum Gasteiger partial charge on any atom is -0.384 e. The second-order valence-electron chi connectivity index (χ2n) is 3.85. The fraction of sp³-hybridized carbons (Fsp3) is 0.364. The molecule has 0 spiro atoms. The summed E-state index contributed by atoms with van der Waals surface area (Å²) in [7, 11) is 0. The smallest absolute Gasteiger partial charge is 0.137 e. The van der Waals surface area contributed by atoms with E-state index in [2.05, 4.69) is 16.0 Å². The van der Waals surface area contributed by atoms with Crippen LogP contribution in [-0.2, 0) is 0 Å². The van der Waals surface area contributed by atoms with E-state index in [0.717, 1.165) is 16.6 Å². The minimum absolute atomic E-state index is 0.178. The number of aliphatic hydroxyl groups is 1. The van der Waals surface area contributed by atoms with Crippen molar-refractivity contribution in [1.29, 1.82) is 0 Å². The van der Waals surface area contributed by atoms with E-state index in [1.165, 1.54) is 5.56 Å². The van der Waals surface area contributed by atoms with Crippen molar-refractivity contribution in [3.05, 3.63) is 29.1 Å². The largest absolute Gasteiger partial charge is 0.384 e. The lowest BCUT2D eigenvalue weighted by Gasteiger charge is -2.01. The molecule has 80 valence electrons. The van der Waals surface area contributed by atoms with Crippen molar-refractivity contribution < 1.29 is 5.11 Å². The van der Waals surface area contributed by atoms with Gasteiger partial charge >= 0.3 is 0 Å². The Bertz CT molecular complexity index is 490. The van der Waals surface area contributed by atoms with Crippen molar-refractivity contribution in [3.63, 3.8) is 0 Å². The number of nitrogens with one attached hydrogen (secondary N) is 1. The number of benzene rings is 1. The predicted octanol–water partition coefficient (Wildman–Crippen LogP) is 1.17. The normalized spacial score (nSPS) is 13.3. The topological polar surface area (TPSA) is 74.9 Å². The average molecular weight is 205 g/mol. The molecule has 0 bridgehead atoms. The van der Waals surface area contributed by atoms with E-state index in [-0.39, 0.29) is 6.54 Å². The third-order valence-corrected chi connectivity index (χ3v) is 2.48. The van der Waals surface area contributed by atoms with Gasteiger partial charge < -0.3 is 15.8 Å². The predicted molar refractivity (Wildman–Crippen MR) is 59.6 cm³/mol. The monoisotopic (exact) mass is 205 g/mol. The van der Waals surface area contributed by atoms with E-state index in [9.17, 15) is 5.11 Å². The van der Waals surface area contributed by atoms with Gasteiger partial charge in [-0.25, -0.2) is 4.98 Å². The minimum atomic E-state index is -0.711. The number of imidazole rings is 1. The highest BCUT2D eigenvalue weighted by Gasteiger charge is 2.11. The molecule has 1 atom stereocenters. The zero-order valence-corrected chi connectivity index (χ0v) is 8.91. The second kappa shape index (κ2) is 3.64. The lowest BCUT2D eigenvalue weighted by atomic mass is 10.1. The van der Waals surface area contributed by atoms with Gasteiger partial charge in [-0.05, 0) is 31.0 Å². The molecular weight excluding hydrogens is 190 g/mol. The third kappa shape index (κ3) is 1.73. The molecule has 1 aromatic carbocycles. The van der Waals surface area contributed by atoms with E-state index >= 15 is 0 Å². The summed E-state index contributed by atoms with van der Waals surface area (Å²) >= 11 is 0. The van der Waals surface area contributed by atoms with E-state index in [1.54, 1.807) is 0 Å². The van der Waals surface area contributed by atoms with Gasteiger partial charge in [0.25, 0.3) is 0 Å². The summed E-state index contributed by atoms with van der Waals surface area (Å²) in [4.78, 5) is 7.43. The first-order chi connectivity index (χ1) is 7.11. The Hall–Kier alpha value is -1.39. The summed E-state index contributed by atoms with van der Waals surface area (Å²) in [5, 5.41) is 9.57. The van der Waals surface area contributed by atoms with Crippen LogP contribution in [0.4, 0.5) is 0 Å². The highest BCUT2D eigenvalue weighted by molar-refractivity contribution is 5.79. The van der Waals surface area contributed by atoms with Crippen LogP contribution >= 0.6 is 0 Å². The number of H-pyrrole nitrogens is 1. The number of hydrogen-bond donors (Lipinski definition) is 3. The van der Waals surface area contributed by atoms with Crippen LogP contribution in [0.15, 0.2) is 12.1 Å². The molecule has 0 saturated heterocycles. The Kier molecular flexibility index (Phi) is 2.46. The summed E-state index contributed by atoms with van der Waals surface area (Å²) in [5.74, 6) is 0.543. The number of fused-ring (bicyclic) bond motifs is 1. The highest BCUT2D eigenvalue weighted by atomic mass is 16.3. The van der Waals surface area contributed by atoms with Crippen LogP contribution in [0.25, 0.3) is 11.0 Å². The molecule has 4 N–H and O–H groups in total. The molecule has 4 nitrogen and oxygen atoms in total. The average Bonchev–Trinajstić information content (AvgIpc) is 2.60. The van der Waals surface area contributed by atoms with Crippen molar-refractivity contribution in [3.8, 4) is 0 Å². The van der Waals surface area contributed by atoms with E-state index < -0.39 is 6.10 Å². The van der Waals surface area contributed by atoms with Gasteiger partial charge in [0.1, 0.15) is 11.9 Å². The molecule has 4 heteroatoms. The number of aliphatic hydroxyl groups excluding tert-OH is 1. The summed E-state index contributed by atoms with van der Waals surface area (Å²) in [6, 6.07) is 4.09. The molecule has 0 aliphatic rings. The first-order valence-corrected chi connectivity index (χ1v) is 4.97. The van der Waals surface area contributed by atoms with Crippen LogP contribution in [0, 0.1) is 13.8 Å². The van der Waals surface area contributed by atoms with Crippen LogP contribution in [-0.4, -0.2) is 21.6 Å². The Morgan fingerprint density at radius 3 is 2.87 bits per heavy atom. The standard InChI is InChI=1S/C11H15N3O/c1-6-3-7(2)10-8(4-6)13-11(14-10)9(15)5-12/h3-4,9,15H,5,12H2,1-2H3,(H,13,14). The molecule has 0 aliphatic heterocycles. The van der Waals surface area contributed by atoms with Gasteiger partial charge in [-0.1, -0.05) is 6.07 Å². The van der Waals surface area contributed by atoms with Crippen molar-refractivity contribution in [2.75, 3.05) is 6.54 Å². The van der Waals surface area contributed by atoms with Crippen molar-refractivity contribution in [2.45, 2.75) is 20.0 Å². The third-order valence-electron chi connectivity index (χ3n) is 2.48. The molecule has 0 radical (unpaired) electrons. The van der Waals surface area contributed by atoms with E-state index in [0.29, 0.717) is 5.82 Å². The fourth-order valence-electron chi connectivity index (χ4n) is 1.76. The zero-order chi connectivity index (χ0) is 11.0. The molecule has 0 saturated carbocycles. The lowest BCUT2D eigenvalue weighted by molar-refractivity contribution is 0.178. The van der Waals surface area contributed by atoms with Gasteiger partial charge in [-0.3, -0.25) is 0 Å². The van der Waals surface area contributed by atoms with Gasteiger partial charge in [0.2, 0.25) is 0 Å². The Labute approximate surface area is 88.1 Å². The SMILES string of the molecule is Cc1cc(C)c2nc(C(O)CN)[nH]c2c1. The lowest BCUT2D eigenvalue weighted by Crippen LogP contribution is -2.12. The summed E-state index contributed by atoms with van der Waals surface area (Å²) in [5.41, 5.74) is 9.53. The molecule has 1 heterocycles. The number of aromatic nitrogens is 2. The number of rotatable bonds is 2. The van der Waals surface area contributed by atoms with Crippen LogP contribution in [0.5, 0.6) is 0 Å². The van der Waals surface area contributed by atoms with Gasteiger partial charge in [-0.2, -0.15) is 0 Å². The number of nitrogens with two attached hydrogens (primary N) is 1. The number of nitrogens with zero attached hydrogens (tertiary/aromatic N) is 1. The molecule has 0 amide bonds. The van der Waals surface area contributed by atoms with Crippen LogP contribution in [0.1, 0.15) is 23.1 Å². The van der Waals surface area contributed by atoms with Crippen molar-refractivity contribution in [1.82, 2.24) is 9.97 Å². The molecule has 2 aromatic rings. The number of aromatic amines is 1. The van der Waals surface area contributed by atoms with Crippen molar-refractivity contribution >= 4 is 11.0 Å². The van der Waals surface area contributed by atoms with Gasteiger partial charge in [0.05, 0.1) is 11.0 Å². The Morgan fingerprint density at radius 2 is 2.20 bits per heavy atom. The molecule has 1 aromatic heterocycles. The Morgan fingerprint density at radius 1 is 1.47 bits per heavy atom. The molecule has 2 rings (SSSR count). The van der Waals surface area contributed by atoms with Gasteiger partial charge in [-0.15, -0.1) is 0 Å². The number of hydrogen-bond acceptors (Lipinski definition) is 3. The molecule has 15 heavy (non-hydrogen) atoms. The Balaban J connectivity index is 2.60. The fourth-order valence-corrected chi connectivity index (χ4v) is 1.76. The maximum absolute atomic E-state index is 9.57. The van der Waals surface area contributed by atoms with Crippen LogP contribution < -0.4 is 5.73 Å². The first kappa shape index (κ1) is 10.1. The summed E-state index contributed by atoms with van der Waals surface area (Å²) in [6.07, 6.45) is -0.711. The second-order valence-corrected chi connectivity index (χ2v) is 3.85. The quantitative estimate of drug-likeness (QED) is 0.689. The summed E-state index contributed by atoms with van der Waals surface area (Å²) < 4.78 is 0. The zero-order valence-electron chi connectivity index (χ0n) is 8.91. The maximum Gasteiger partial charge on any atom is 0.137 e. The number of aryl methyl sites for hydroxylation is 2. The maximum atomic E-state index is 9.57. The highest BCUT2D eigenvalue weighted by Crippen LogP contribution is 2.20. The van der Waals surface area contributed by atoms with Crippen LogP contribution in [0.2, 0.25) is 0 Å². The molecule has 0 fully saturated rings. The molecule has 0 aliphatic carbocycles. The van der Waals surface area contributed by atoms with Gasteiger partial charge in [0, 0.05) is 6.54 Å². The van der Waals surface area contributed by atoms with Gasteiger partial charge in [0.15, 0.2) is 0 Å². The molecular formula is C11H15N3O. The van der Waals surface area contributed by atoms with Crippen LogP contribution in [0.3, 0.4) is 0 Å². The molecule has 1 unspecified atom stereocenters. The van der Waals surface area contributed by atoms with E-state index in [4.69, 9.17) is 5.73 Å².